The molecule has 0 aliphatic carbocycles. The molecule has 3 nitrogen and oxygen atoms in total. The molecule has 1 rings (SSSR count). The summed E-state index contributed by atoms with van der Waals surface area (Å²) in [5.74, 6) is 0.234. The molecular formula is C5H9ClO3. The van der Waals surface area contributed by atoms with Crippen LogP contribution in [0.2, 0.25) is 0 Å². The first-order valence-electron chi connectivity index (χ1n) is 2.79. The highest BCUT2D eigenvalue weighted by molar-refractivity contribution is 6.18. The first-order chi connectivity index (χ1) is 4.25. The fraction of sp³-hybridized carbons (Fsp3) is 1.00. The quantitative estimate of drug-likeness (QED) is 0.491. The van der Waals surface area contributed by atoms with Gasteiger partial charge in [-0.25, -0.2) is 0 Å². The van der Waals surface area contributed by atoms with Crippen LogP contribution in [0.5, 0.6) is 0 Å². The van der Waals surface area contributed by atoms with E-state index < -0.39 is 12.2 Å². The zero-order chi connectivity index (χ0) is 6.85. The average molecular weight is 153 g/mol. The summed E-state index contributed by atoms with van der Waals surface area (Å²) in [5.41, 5.74) is 0. The number of alkyl halides is 1. The van der Waals surface area contributed by atoms with Gasteiger partial charge in [0.1, 0.15) is 12.2 Å². The van der Waals surface area contributed by atoms with Crippen LogP contribution < -0.4 is 0 Å². The SMILES string of the molecule is O[C@@H]1[C@@H](O)CO[C@@H]1CCl. The molecule has 1 aliphatic rings. The highest BCUT2D eigenvalue weighted by Crippen LogP contribution is 2.14. The third-order valence-electron chi connectivity index (χ3n) is 1.41. The van der Waals surface area contributed by atoms with Gasteiger partial charge in [0, 0.05) is 0 Å². The van der Waals surface area contributed by atoms with Crippen LogP contribution >= 0.6 is 11.6 Å². The van der Waals surface area contributed by atoms with Gasteiger partial charge in [0.15, 0.2) is 0 Å². The van der Waals surface area contributed by atoms with Crippen molar-refractivity contribution in [2.24, 2.45) is 0 Å². The lowest BCUT2D eigenvalue weighted by Crippen LogP contribution is -2.30. The fourth-order valence-electron chi connectivity index (χ4n) is 0.803. The molecule has 0 radical (unpaired) electrons. The molecule has 0 saturated carbocycles. The smallest absolute Gasteiger partial charge is 0.109 e. The summed E-state index contributed by atoms with van der Waals surface area (Å²) >= 11 is 5.37. The van der Waals surface area contributed by atoms with Crippen molar-refractivity contribution >= 4 is 11.6 Å². The Bertz CT molecular complexity index is 98.2. The number of rotatable bonds is 1. The topological polar surface area (TPSA) is 49.7 Å². The lowest BCUT2D eigenvalue weighted by Gasteiger charge is -2.09. The van der Waals surface area contributed by atoms with Crippen LogP contribution in [0.15, 0.2) is 0 Å². The van der Waals surface area contributed by atoms with Crippen LogP contribution in [0.1, 0.15) is 0 Å². The maximum absolute atomic E-state index is 9.00. The highest BCUT2D eigenvalue weighted by Gasteiger charge is 2.33. The van der Waals surface area contributed by atoms with E-state index in [4.69, 9.17) is 26.6 Å². The van der Waals surface area contributed by atoms with Gasteiger partial charge in [0.05, 0.1) is 18.6 Å². The average Bonchev–Trinajstić information content (AvgIpc) is 2.15. The maximum atomic E-state index is 9.00. The van der Waals surface area contributed by atoms with Crippen molar-refractivity contribution in [3.05, 3.63) is 0 Å². The van der Waals surface area contributed by atoms with Crippen LogP contribution in [-0.2, 0) is 4.74 Å². The van der Waals surface area contributed by atoms with Crippen LogP contribution in [-0.4, -0.2) is 41.0 Å². The van der Waals surface area contributed by atoms with Gasteiger partial charge in [-0.3, -0.25) is 0 Å². The summed E-state index contributed by atoms with van der Waals surface area (Å²) in [5, 5.41) is 17.9. The molecule has 0 unspecified atom stereocenters. The fourth-order valence-corrected chi connectivity index (χ4v) is 1.07. The van der Waals surface area contributed by atoms with E-state index >= 15 is 0 Å². The van der Waals surface area contributed by atoms with E-state index in [1.807, 2.05) is 0 Å². The van der Waals surface area contributed by atoms with E-state index in [0.29, 0.717) is 0 Å². The molecule has 1 aliphatic heterocycles. The lowest BCUT2D eigenvalue weighted by atomic mass is 10.2. The first-order valence-corrected chi connectivity index (χ1v) is 3.33. The zero-order valence-electron chi connectivity index (χ0n) is 4.83. The second-order valence-electron chi connectivity index (χ2n) is 2.08. The maximum Gasteiger partial charge on any atom is 0.109 e. The minimum atomic E-state index is -0.803. The minimum absolute atomic E-state index is 0.193. The Hall–Kier alpha value is 0.170. The Kier molecular flexibility index (Phi) is 2.29. The molecule has 0 amide bonds. The van der Waals surface area contributed by atoms with Crippen molar-refractivity contribution in [3.8, 4) is 0 Å². The van der Waals surface area contributed by atoms with E-state index in [1.54, 1.807) is 0 Å². The van der Waals surface area contributed by atoms with Gasteiger partial charge in [-0.1, -0.05) is 0 Å². The van der Waals surface area contributed by atoms with Gasteiger partial charge in [0.25, 0.3) is 0 Å². The molecule has 1 heterocycles. The molecular weight excluding hydrogens is 144 g/mol. The van der Waals surface area contributed by atoms with Crippen molar-refractivity contribution in [3.63, 3.8) is 0 Å². The van der Waals surface area contributed by atoms with Gasteiger partial charge in [-0.15, -0.1) is 11.6 Å². The number of aliphatic hydroxyl groups excluding tert-OH is 2. The molecule has 54 valence electrons. The second kappa shape index (κ2) is 2.84. The Morgan fingerprint density at radius 2 is 2.22 bits per heavy atom. The van der Waals surface area contributed by atoms with E-state index in [-0.39, 0.29) is 18.6 Å². The molecule has 9 heavy (non-hydrogen) atoms. The van der Waals surface area contributed by atoms with Crippen molar-refractivity contribution in [1.82, 2.24) is 0 Å². The van der Waals surface area contributed by atoms with E-state index in [1.165, 1.54) is 0 Å². The van der Waals surface area contributed by atoms with Gasteiger partial charge >= 0.3 is 0 Å². The zero-order valence-corrected chi connectivity index (χ0v) is 5.58. The Balaban J connectivity index is 2.41. The summed E-state index contributed by atoms with van der Waals surface area (Å²) in [6.07, 6.45) is -1.95. The minimum Gasteiger partial charge on any atom is -0.388 e. The van der Waals surface area contributed by atoms with Crippen LogP contribution in [0.3, 0.4) is 0 Å². The van der Waals surface area contributed by atoms with Crippen LogP contribution in [0.4, 0.5) is 0 Å². The molecule has 3 atom stereocenters. The van der Waals surface area contributed by atoms with Crippen LogP contribution in [0, 0.1) is 0 Å². The number of ether oxygens (including phenoxy) is 1. The largest absolute Gasteiger partial charge is 0.388 e. The first kappa shape index (κ1) is 7.28. The van der Waals surface area contributed by atoms with Gasteiger partial charge < -0.3 is 14.9 Å². The third kappa shape index (κ3) is 1.35. The van der Waals surface area contributed by atoms with Crippen molar-refractivity contribution < 1.29 is 14.9 Å². The number of halogens is 1. The number of hydrogen-bond acceptors (Lipinski definition) is 3. The Morgan fingerprint density at radius 3 is 2.44 bits per heavy atom. The Morgan fingerprint density at radius 1 is 1.56 bits per heavy atom. The van der Waals surface area contributed by atoms with E-state index in [2.05, 4.69) is 0 Å². The van der Waals surface area contributed by atoms with E-state index in [0.717, 1.165) is 0 Å². The molecule has 0 spiro atoms. The third-order valence-corrected chi connectivity index (χ3v) is 1.71. The summed E-state index contributed by atoms with van der Waals surface area (Å²) in [7, 11) is 0. The summed E-state index contributed by atoms with van der Waals surface area (Å²) in [6, 6.07) is 0. The molecule has 0 aromatic heterocycles. The molecule has 1 saturated heterocycles. The monoisotopic (exact) mass is 152 g/mol. The van der Waals surface area contributed by atoms with Crippen molar-refractivity contribution in [1.29, 1.82) is 0 Å². The van der Waals surface area contributed by atoms with E-state index in [9.17, 15) is 0 Å². The summed E-state index contributed by atoms with van der Waals surface area (Å²) in [4.78, 5) is 0. The molecule has 4 heteroatoms. The molecule has 1 fully saturated rings. The van der Waals surface area contributed by atoms with Gasteiger partial charge in [-0.2, -0.15) is 0 Å². The molecule has 2 N–H and O–H groups in total. The van der Waals surface area contributed by atoms with Gasteiger partial charge in [-0.05, 0) is 0 Å². The predicted molar refractivity (Wildman–Crippen MR) is 32.5 cm³/mol. The Labute approximate surface area is 58.2 Å². The van der Waals surface area contributed by atoms with Crippen molar-refractivity contribution in [2.45, 2.75) is 18.3 Å². The second-order valence-corrected chi connectivity index (χ2v) is 2.39. The normalized spacial score (nSPS) is 43.7. The van der Waals surface area contributed by atoms with Gasteiger partial charge in [0.2, 0.25) is 0 Å². The highest BCUT2D eigenvalue weighted by atomic mass is 35.5. The molecule has 0 aromatic rings. The number of hydrogen-bond donors (Lipinski definition) is 2. The van der Waals surface area contributed by atoms with Crippen molar-refractivity contribution in [2.75, 3.05) is 12.5 Å². The molecule has 0 aromatic carbocycles. The molecule has 0 bridgehead atoms. The summed E-state index contributed by atoms with van der Waals surface area (Å²) < 4.78 is 4.89. The van der Waals surface area contributed by atoms with Crippen LogP contribution in [0.25, 0.3) is 0 Å². The number of aliphatic hydroxyl groups is 2. The standard InChI is InChI=1S/C5H9ClO3/c6-1-4-5(8)3(7)2-9-4/h3-5,7-8H,1-2H2/t3-,4+,5+/m0/s1. The predicted octanol–water partition coefficient (Wildman–Crippen LogP) is -0.654. The lowest BCUT2D eigenvalue weighted by molar-refractivity contribution is 0.0332. The summed E-state index contributed by atoms with van der Waals surface area (Å²) in [6.45, 7) is 0.193.